The molecule has 1 aliphatic rings. The average molecular weight is 101 g/mol. The summed E-state index contributed by atoms with van der Waals surface area (Å²) in [5.41, 5.74) is 0. The van der Waals surface area contributed by atoms with Crippen molar-refractivity contribution in [3.63, 3.8) is 0 Å². The molecule has 1 amide bonds. The molecule has 1 unspecified atom stereocenters. The van der Waals surface area contributed by atoms with Gasteiger partial charge in [-0.2, -0.15) is 0 Å². The lowest BCUT2D eigenvalue weighted by Crippen LogP contribution is -2.21. The van der Waals surface area contributed by atoms with Crippen LogP contribution in [-0.4, -0.2) is 11.9 Å². The zero-order valence-corrected chi connectivity index (χ0v) is 4.40. The highest BCUT2D eigenvalue weighted by atomic mass is 16.1. The number of hydrogen-bond acceptors (Lipinski definition) is 1. The standard InChI is InChI=1S/C5H9NO.H2/c1-4-2-3-5(7)6-4;/h4H,2-3H2,1H3,(H,6,7);1H. The van der Waals surface area contributed by atoms with Crippen LogP contribution < -0.4 is 5.32 Å². The predicted octanol–water partition coefficient (Wildman–Crippen LogP) is 0.531. The van der Waals surface area contributed by atoms with E-state index in [1.54, 1.807) is 0 Å². The molecule has 1 atom stereocenters. The van der Waals surface area contributed by atoms with Crippen LogP contribution in [0.15, 0.2) is 0 Å². The minimum absolute atomic E-state index is 0. The molecule has 2 heteroatoms. The lowest BCUT2D eigenvalue weighted by atomic mass is 10.3. The Kier molecular flexibility index (Phi) is 1.01. The Balaban J connectivity index is 0.000000490. The van der Waals surface area contributed by atoms with Gasteiger partial charge < -0.3 is 5.32 Å². The predicted molar refractivity (Wildman–Crippen MR) is 29.0 cm³/mol. The molecule has 0 aromatic rings. The molecule has 0 bridgehead atoms. The van der Waals surface area contributed by atoms with Crippen molar-refractivity contribution >= 4 is 5.91 Å². The second-order valence-electron chi connectivity index (χ2n) is 2.01. The van der Waals surface area contributed by atoms with E-state index in [4.69, 9.17) is 0 Å². The number of hydrogen-bond donors (Lipinski definition) is 1. The third kappa shape index (κ3) is 0.918. The zero-order valence-electron chi connectivity index (χ0n) is 4.40. The van der Waals surface area contributed by atoms with Gasteiger partial charge in [-0.1, -0.05) is 0 Å². The van der Waals surface area contributed by atoms with E-state index in [9.17, 15) is 4.79 Å². The number of amides is 1. The largest absolute Gasteiger partial charge is 0.354 e. The van der Waals surface area contributed by atoms with Crippen LogP contribution in [0.1, 0.15) is 21.2 Å². The van der Waals surface area contributed by atoms with Crippen LogP contribution in [0.5, 0.6) is 0 Å². The van der Waals surface area contributed by atoms with Crippen molar-refractivity contribution in [1.82, 2.24) is 5.32 Å². The van der Waals surface area contributed by atoms with Crippen LogP contribution in [0.3, 0.4) is 0 Å². The number of nitrogens with one attached hydrogen (secondary N) is 1. The van der Waals surface area contributed by atoms with Crippen molar-refractivity contribution < 1.29 is 6.22 Å². The Morgan fingerprint density at radius 3 is 2.86 bits per heavy atom. The summed E-state index contributed by atoms with van der Waals surface area (Å²) in [5, 5.41) is 2.78. The summed E-state index contributed by atoms with van der Waals surface area (Å²) in [6, 6.07) is 0.424. The first-order chi connectivity index (χ1) is 3.29. The van der Waals surface area contributed by atoms with Crippen LogP contribution in [0, 0.1) is 0 Å². The molecular formula is C5H11NO. The molecule has 1 heterocycles. The van der Waals surface area contributed by atoms with E-state index in [0.717, 1.165) is 12.8 Å². The highest BCUT2D eigenvalue weighted by molar-refractivity contribution is 5.78. The molecule has 0 radical (unpaired) electrons. The molecule has 1 aliphatic heterocycles. The number of rotatable bonds is 0. The molecule has 0 saturated carbocycles. The number of carbonyl (C=O) groups is 1. The fourth-order valence-corrected chi connectivity index (χ4v) is 0.767. The van der Waals surface area contributed by atoms with Crippen LogP contribution >= 0.6 is 0 Å². The van der Waals surface area contributed by atoms with Gasteiger partial charge in [-0.15, -0.1) is 0 Å². The molecule has 1 fully saturated rings. The van der Waals surface area contributed by atoms with Crippen molar-refractivity contribution in [3.05, 3.63) is 0 Å². The summed E-state index contributed by atoms with van der Waals surface area (Å²) in [4.78, 5) is 10.3. The first-order valence-corrected chi connectivity index (χ1v) is 2.58. The SMILES string of the molecule is CC1CCC(=O)N1.[HH]. The fourth-order valence-electron chi connectivity index (χ4n) is 0.767. The van der Waals surface area contributed by atoms with Gasteiger partial charge in [-0.05, 0) is 13.3 Å². The summed E-state index contributed by atoms with van der Waals surface area (Å²) in [6.07, 6.45) is 1.74. The van der Waals surface area contributed by atoms with E-state index in [-0.39, 0.29) is 7.33 Å². The van der Waals surface area contributed by atoms with E-state index >= 15 is 0 Å². The van der Waals surface area contributed by atoms with Crippen molar-refractivity contribution in [2.75, 3.05) is 0 Å². The Labute approximate surface area is 44.4 Å². The van der Waals surface area contributed by atoms with E-state index in [1.165, 1.54) is 0 Å². The highest BCUT2D eigenvalue weighted by Crippen LogP contribution is 2.03. The maximum atomic E-state index is 10.3. The van der Waals surface area contributed by atoms with E-state index in [2.05, 4.69) is 5.32 Å². The average Bonchev–Trinajstić information content (AvgIpc) is 1.87. The molecule has 1 rings (SSSR count). The Bertz CT molecular complexity index is 94.4. The molecule has 0 aromatic carbocycles. The van der Waals surface area contributed by atoms with Crippen LogP contribution in [0.2, 0.25) is 0 Å². The Hall–Kier alpha value is -0.530. The van der Waals surface area contributed by atoms with Crippen LogP contribution in [0.25, 0.3) is 0 Å². The van der Waals surface area contributed by atoms with Crippen molar-refractivity contribution in [3.8, 4) is 0 Å². The summed E-state index contributed by atoms with van der Waals surface area (Å²) >= 11 is 0. The number of carbonyl (C=O) groups excluding carboxylic acids is 1. The molecule has 1 saturated heterocycles. The van der Waals surface area contributed by atoms with Crippen molar-refractivity contribution in [2.45, 2.75) is 25.8 Å². The van der Waals surface area contributed by atoms with Gasteiger partial charge in [0.2, 0.25) is 5.91 Å². The smallest absolute Gasteiger partial charge is 0.220 e. The maximum Gasteiger partial charge on any atom is 0.220 e. The molecule has 0 aromatic heterocycles. The van der Waals surface area contributed by atoms with Gasteiger partial charge in [-0.25, -0.2) is 0 Å². The van der Waals surface area contributed by atoms with Gasteiger partial charge in [0.15, 0.2) is 0 Å². The molecule has 0 spiro atoms. The zero-order chi connectivity index (χ0) is 5.28. The second kappa shape index (κ2) is 1.52. The first-order valence-electron chi connectivity index (χ1n) is 2.58. The molecule has 1 N–H and O–H groups in total. The highest BCUT2D eigenvalue weighted by Gasteiger charge is 2.14. The van der Waals surface area contributed by atoms with Crippen LogP contribution in [-0.2, 0) is 4.79 Å². The second-order valence-corrected chi connectivity index (χ2v) is 2.01. The molecule has 7 heavy (non-hydrogen) atoms. The minimum Gasteiger partial charge on any atom is -0.354 e. The van der Waals surface area contributed by atoms with Crippen LogP contribution in [0.4, 0.5) is 0 Å². The quantitative estimate of drug-likeness (QED) is 0.474. The van der Waals surface area contributed by atoms with E-state index < -0.39 is 0 Å². The third-order valence-electron chi connectivity index (χ3n) is 1.21. The van der Waals surface area contributed by atoms with E-state index in [1.807, 2.05) is 6.92 Å². The fraction of sp³-hybridized carbons (Fsp3) is 0.800. The molecule has 0 aliphatic carbocycles. The Morgan fingerprint density at radius 1 is 2.00 bits per heavy atom. The first kappa shape index (κ1) is 4.62. The summed E-state index contributed by atoms with van der Waals surface area (Å²) < 4.78 is 0. The summed E-state index contributed by atoms with van der Waals surface area (Å²) in [6.45, 7) is 2.02. The minimum atomic E-state index is 0. The lowest BCUT2D eigenvalue weighted by Gasteiger charge is -1.95. The van der Waals surface area contributed by atoms with E-state index in [0.29, 0.717) is 6.04 Å². The normalized spacial score (nSPS) is 30.4. The lowest BCUT2D eigenvalue weighted by molar-refractivity contribution is -0.119. The van der Waals surface area contributed by atoms with Crippen molar-refractivity contribution in [1.29, 1.82) is 0 Å². The summed E-state index contributed by atoms with van der Waals surface area (Å²) in [5.74, 6) is 0.201. The van der Waals surface area contributed by atoms with Gasteiger partial charge in [0, 0.05) is 13.9 Å². The van der Waals surface area contributed by atoms with Gasteiger partial charge in [0.1, 0.15) is 0 Å². The van der Waals surface area contributed by atoms with Gasteiger partial charge >= 0.3 is 0 Å². The summed E-state index contributed by atoms with van der Waals surface area (Å²) in [7, 11) is 0. The molecular weight excluding hydrogens is 90.1 g/mol. The Morgan fingerprint density at radius 2 is 2.71 bits per heavy atom. The molecule has 42 valence electrons. The monoisotopic (exact) mass is 101 g/mol. The van der Waals surface area contributed by atoms with Gasteiger partial charge in [0.05, 0.1) is 0 Å². The van der Waals surface area contributed by atoms with Crippen molar-refractivity contribution in [2.24, 2.45) is 0 Å². The maximum absolute atomic E-state index is 10.3. The van der Waals surface area contributed by atoms with Gasteiger partial charge in [0.25, 0.3) is 0 Å². The third-order valence-corrected chi connectivity index (χ3v) is 1.21. The topological polar surface area (TPSA) is 29.1 Å². The molecule has 2 nitrogen and oxygen atoms in total. The van der Waals surface area contributed by atoms with Gasteiger partial charge in [-0.3, -0.25) is 4.79 Å².